The van der Waals surface area contributed by atoms with E-state index in [4.69, 9.17) is 5.11 Å². The fourth-order valence-electron chi connectivity index (χ4n) is 2.89. The summed E-state index contributed by atoms with van der Waals surface area (Å²) < 4.78 is 38.8. The fraction of sp³-hybridized carbons (Fsp3) is 0.467. The highest BCUT2D eigenvalue weighted by Crippen LogP contribution is 2.37. The third-order valence-electron chi connectivity index (χ3n) is 4.20. The number of carboxylic acid groups (broad SMARTS) is 1. The Bertz CT molecular complexity index is 738. The second-order valence-corrected chi connectivity index (χ2v) is 6.09. The molecule has 26 heavy (non-hydrogen) atoms. The van der Waals surface area contributed by atoms with Gasteiger partial charge in [0.15, 0.2) is 0 Å². The number of aliphatic carboxylic acids is 1. The van der Waals surface area contributed by atoms with E-state index < -0.39 is 47.9 Å². The first-order valence-electron chi connectivity index (χ1n) is 7.56. The van der Waals surface area contributed by atoms with E-state index >= 15 is 0 Å². The Kier molecular flexibility index (Phi) is 5.50. The SMILES string of the molecule is Cc1cc([N+](=O)[O-])ccc1NC(=O)CN1C[C@@H](C(F)(F)F)[C@H](C(=O)O)C1. The van der Waals surface area contributed by atoms with E-state index in [2.05, 4.69) is 5.32 Å². The number of benzene rings is 1. The van der Waals surface area contributed by atoms with Crippen LogP contribution >= 0.6 is 0 Å². The van der Waals surface area contributed by atoms with Gasteiger partial charge in [-0.2, -0.15) is 13.2 Å². The summed E-state index contributed by atoms with van der Waals surface area (Å²) in [6.45, 7) is 0.171. The molecule has 0 aromatic heterocycles. The summed E-state index contributed by atoms with van der Waals surface area (Å²) in [6.07, 6.45) is -4.66. The maximum atomic E-state index is 12.9. The molecule has 1 aliphatic heterocycles. The van der Waals surface area contributed by atoms with Gasteiger partial charge in [-0.3, -0.25) is 24.6 Å². The first kappa shape index (κ1) is 19.6. The van der Waals surface area contributed by atoms with Crippen LogP contribution in [-0.4, -0.2) is 52.6 Å². The highest BCUT2D eigenvalue weighted by Gasteiger charge is 2.52. The Morgan fingerprint density at radius 2 is 2.04 bits per heavy atom. The average molecular weight is 375 g/mol. The number of amides is 1. The summed E-state index contributed by atoms with van der Waals surface area (Å²) >= 11 is 0. The van der Waals surface area contributed by atoms with Crippen LogP contribution < -0.4 is 5.32 Å². The van der Waals surface area contributed by atoms with Crippen molar-refractivity contribution in [1.29, 1.82) is 0 Å². The minimum absolute atomic E-state index is 0.155. The van der Waals surface area contributed by atoms with Crippen molar-refractivity contribution < 1.29 is 32.8 Å². The zero-order chi connectivity index (χ0) is 19.6. The molecule has 1 heterocycles. The van der Waals surface area contributed by atoms with Gasteiger partial charge in [-0.15, -0.1) is 0 Å². The van der Waals surface area contributed by atoms with Crippen molar-refractivity contribution in [2.75, 3.05) is 25.0 Å². The number of hydrogen-bond acceptors (Lipinski definition) is 5. The van der Waals surface area contributed by atoms with Crippen LogP contribution in [0.2, 0.25) is 0 Å². The molecule has 1 amide bonds. The first-order valence-corrected chi connectivity index (χ1v) is 7.56. The van der Waals surface area contributed by atoms with Crippen molar-refractivity contribution in [3.8, 4) is 0 Å². The normalized spacial score (nSPS) is 20.8. The maximum absolute atomic E-state index is 12.9. The van der Waals surface area contributed by atoms with Crippen molar-refractivity contribution in [3.05, 3.63) is 33.9 Å². The van der Waals surface area contributed by atoms with E-state index in [1.165, 1.54) is 18.2 Å². The van der Waals surface area contributed by atoms with Crippen LogP contribution in [0, 0.1) is 28.9 Å². The molecular weight excluding hydrogens is 359 g/mol. The molecule has 1 aliphatic rings. The molecule has 2 atom stereocenters. The van der Waals surface area contributed by atoms with Gasteiger partial charge in [-0.05, 0) is 18.6 Å². The summed E-state index contributed by atoms with van der Waals surface area (Å²) in [7, 11) is 0. The van der Waals surface area contributed by atoms with E-state index in [9.17, 15) is 32.9 Å². The molecule has 0 bridgehead atoms. The molecule has 0 unspecified atom stereocenters. The topological polar surface area (TPSA) is 113 Å². The molecule has 0 radical (unpaired) electrons. The summed E-state index contributed by atoms with van der Waals surface area (Å²) in [6, 6.07) is 3.78. The molecule has 1 aromatic rings. The number of nitro groups is 1. The zero-order valence-corrected chi connectivity index (χ0v) is 13.6. The molecule has 0 spiro atoms. The molecule has 1 aromatic carbocycles. The predicted molar refractivity (Wildman–Crippen MR) is 83.6 cm³/mol. The van der Waals surface area contributed by atoms with Crippen LogP contribution in [0.3, 0.4) is 0 Å². The van der Waals surface area contributed by atoms with Crippen LogP contribution in [0.5, 0.6) is 0 Å². The third-order valence-corrected chi connectivity index (χ3v) is 4.20. The van der Waals surface area contributed by atoms with Crippen LogP contribution in [0.15, 0.2) is 18.2 Å². The average Bonchev–Trinajstić information content (AvgIpc) is 2.93. The predicted octanol–water partition coefficient (Wildman–Crippen LogP) is 2.04. The molecule has 2 rings (SSSR count). The second-order valence-electron chi connectivity index (χ2n) is 6.09. The number of nitro benzene ring substituents is 1. The summed E-state index contributed by atoms with van der Waals surface area (Å²) in [5.74, 6) is -5.84. The lowest BCUT2D eigenvalue weighted by Crippen LogP contribution is -2.34. The Balaban J connectivity index is 2.02. The Hall–Kier alpha value is -2.69. The van der Waals surface area contributed by atoms with Gasteiger partial charge in [0.2, 0.25) is 5.91 Å². The molecular formula is C15H16F3N3O5. The molecule has 11 heteroatoms. The van der Waals surface area contributed by atoms with E-state index in [1.807, 2.05) is 0 Å². The summed E-state index contributed by atoms with van der Waals surface area (Å²) in [5, 5.41) is 22.1. The largest absolute Gasteiger partial charge is 0.481 e. The maximum Gasteiger partial charge on any atom is 0.393 e. The lowest BCUT2D eigenvalue weighted by Gasteiger charge is -2.18. The monoisotopic (exact) mass is 375 g/mol. The second kappa shape index (κ2) is 7.28. The van der Waals surface area contributed by atoms with Gasteiger partial charge in [0.25, 0.3) is 5.69 Å². The number of non-ortho nitro benzene ring substituents is 1. The van der Waals surface area contributed by atoms with E-state index in [1.54, 1.807) is 6.92 Å². The van der Waals surface area contributed by atoms with Crippen LogP contribution in [0.25, 0.3) is 0 Å². The van der Waals surface area contributed by atoms with Gasteiger partial charge >= 0.3 is 12.1 Å². The summed E-state index contributed by atoms with van der Waals surface area (Å²) in [4.78, 5) is 34.3. The number of anilines is 1. The minimum Gasteiger partial charge on any atom is -0.481 e. The lowest BCUT2D eigenvalue weighted by molar-refractivity contribution is -0.384. The number of nitrogens with one attached hydrogen (secondary N) is 1. The number of likely N-dealkylation sites (tertiary alicyclic amines) is 1. The standard InChI is InChI=1S/C15H16F3N3O5/c1-8-4-9(21(25)26)2-3-12(8)19-13(22)7-20-5-10(14(23)24)11(6-20)15(16,17)18/h2-4,10-11H,5-7H2,1H3,(H,19,22)(H,23,24)/t10-,11-/m1/s1. The van der Waals surface area contributed by atoms with Crippen LogP contribution in [-0.2, 0) is 9.59 Å². The van der Waals surface area contributed by atoms with Gasteiger partial charge in [0.05, 0.1) is 23.3 Å². The van der Waals surface area contributed by atoms with Gasteiger partial charge in [-0.25, -0.2) is 0 Å². The Morgan fingerprint density at radius 1 is 1.38 bits per heavy atom. The van der Waals surface area contributed by atoms with Crippen LogP contribution in [0.1, 0.15) is 5.56 Å². The molecule has 1 saturated heterocycles. The third kappa shape index (κ3) is 4.48. The van der Waals surface area contributed by atoms with E-state index in [0.29, 0.717) is 11.3 Å². The van der Waals surface area contributed by atoms with Crippen molar-refractivity contribution in [1.82, 2.24) is 4.90 Å². The minimum atomic E-state index is -4.66. The van der Waals surface area contributed by atoms with E-state index in [-0.39, 0.29) is 12.2 Å². The number of carboxylic acids is 1. The van der Waals surface area contributed by atoms with Gasteiger partial charge in [0, 0.05) is 30.9 Å². The lowest BCUT2D eigenvalue weighted by atomic mass is 9.96. The zero-order valence-electron chi connectivity index (χ0n) is 13.6. The van der Waals surface area contributed by atoms with E-state index in [0.717, 1.165) is 4.90 Å². The Labute approximate surface area is 145 Å². The highest BCUT2D eigenvalue weighted by molar-refractivity contribution is 5.93. The molecule has 1 fully saturated rings. The number of alkyl halides is 3. The molecule has 0 saturated carbocycles. The first-order chi connectivity index (χ1) is 12.0. The van der Waals surface area contributed by atoms with Gasteiger partial charge in [-0.1, -0.05) is 0 Å². The van der Waals surface area contributed by atoms with Crippen LogP contribution in [0.4, 0.5) is 24.5 Å². The molecule has 142 valence electrons. The molecule has 2 N–H and O–H groups in total. The number of carbonyl (C=O) groups is 2. The quantitative estimate of drug-likeness (QED) is 0.602. The number of nitrogens with zero attached hydrogens (tertiary/aromatic N) is 2. The van der Waals surface area contributed by atoms with Gasteiger partial charge in [0.1, 0.15) is 0 Å². The van der Waals surface area contributed by atoms with Crippen molar-refractivity contribution in [3.63, 3.8) is 0 Å². The highest BCUT2D eigenvalue weighted by atomic mass is 19.4. The fourth-order valence-corrected chi connectivity index (χ4v) is 2.89. The number of halogens is 3. The number of rotatable bonds is 5. The van der Waals surface area contributed by atoms with Gasteiger partial charge < -0.3 is 10.4 Å². The van der Waals surface area contributed by atoms with Crippen molar-refractivity contribution >= 4 is 23.3 Å². The van der Waals surface area contributed by atoms with Crippen molar-refractivity contribution in [2.24, 2.45) is 11.8 Å². The van der Waals surface area contributed by atoms with Crippen molar-refractivity contribution in [2.45, 2.75) is 13.1 Å². The number of carbonyl (C=O) groups excluding carboxylic acids is 1. The Morgan fingerprint density at radius 3 is 2.50 bits per heavy atom. The summed E-state index contributed by atoms with van der Waals surface area (Å²) in [5.41, 5.74) is 0.560. The number of hydrogen-bond donors (Lipinski definition) is 2. The number of aryl methyl sites for hydroxylation is 1. The molecule has 0 aliphatic carbocycles. The molecule has 8 nitrogen and oxygen atoms in total. The smallest absolute Gasteiger partial charge is 0.393 e.